The Morgan fingerprint density at radius 1 is 1.32 bits per heavy atom. The number of hydrogen-bond donors (Lipinski definition) is 2. The summed E-state index contributed by atoms with van der Waals surface area (Å²) in [7, 11) is 0. The van der Waals surface area contributed by atoms with Crippen LogP contribution < -0.4 is 11.1 Å². The van der Waals surface area contributed by atoms with E-state index in [1.165, 1.54) is 41.3 Å². The van der Waals surface area contributed by atoms with Gasteiger partial charge in [-0.05, 0) is 58.5 Å². The van der Waals surface area contributed by atoms with Crippen LogP contribution in [0.15, 0.2) is 0 Å². The van der Waals surface area contributed by atoms with Crippen LogP contribution in [-0.4, -0.2) is 18.1 Å². The van der Waals surface area contributed by atoms with Crippen molar-refractivity contribution >= 4 is 11.3 Å². The van der Waals surface area contributed by atoms with Gasteiger partial charge in [-0.3, -0.25) is 0 Å². The Morgan fingerprint density at radius 3 is 2.58 bits per heavy atom. The van der Waals surface area contributed by atoms with Gasteiger partial charge in [0.25, 0.3) is 0 Å². The van der Waals surface area contributed by atoms with Gasteiger partial charge in [-0.25, -0.2) is 4.98 Å². The number of aryl methyl sites for hydroxylation is 2. The minimum atomic E-state index is 0.409. The Bertz CT molecular complexity index is 402. The molecule has 0 spiro atoms. The Hall–Kier alpha value is -0.450. The largest absolute Gasteiger partial charge is 0.330 e. The molecule has 4 heteroatoms. The van der Waals surface area contributed by atoms with Crippen molar-refractivity contribution in [3.8, 4) is 0 Å². The third kappa shape index (κ3) is 3.77. The highest BCUT2D eigenvalue weighted by Crippen LogP contribution is 2.30. The van der Waals surface area contributed by atoms with Crippen molar-refractivity contribution in [2.75, 3.05) is 13.1 Å². The summed E-state index contributed by atoms with van der Waals surface area (Å²) in [6.07, 6.45) is 5.38. The molecule has 1 aliphatic rings. The highest BCUT2D eigenvalue weighted by molar-refractivity contribution is 7.11. The molecule has 0 aliphatic heterocycles. The second-order valence-corrected chi connectivity index (χ2v) is 7.09. The average molecular weight is 281 g/mol. The monoisotopic (exact) mass is 281 g/mol. The van der Waals surface area contributed by atoms with E-state index in [4.69, 9.17) is 5.73 Å². The van der Waals surface area contributed by atoms with Crippen molar-refractivity contribution in [1.82, 2.24) is 10.3 Å². The zero-order valence-corrected chi connectivity index (χ0v) is 13.2. The fourth-order valence-electron chi connectivity index (χ4n) is 3.23. The third-order valence-electron chi connectivity index (χ3n) is 4.39. The first-order chi connectivity index (χ1) is 9.11. The Morgan fingerprint density at radius 2 is 2.00 bits per heavy atom. The van der Waals surface area contributed by atoms with Crippen LogP contribution >= 0.6 is 11.3 Å². The Kier molecular flexibility index (Phi) is 5.37. The number of rotatable bonds is 5. The highest BCUT2D eigenvalue weighted by Gasteiger charge is 2.24. The number of nitrogens with zero attached hydrogens (tertiary/aromatic N) is 1. The van der Waals surface area contributed by atoms with Crippen LogP contribution in [-0.2, 0) is 0 Å². The second kappa shape index (κ2) is 6.82. The van der Waals surface area contributed by atoms with Crippen LogP contribution in [0.1, 0.15) is 54.2 Å². The quantitative estimate of drug-likeness (QED) is 0.871. The lowest BCUT2D eigenvalue weighted by Gasteiger charge is -2.31. The van der Waals surface area contributed by atoms with E-state index < -0.39 is 0 Å². The van der Waals surface area contributed by atoms with Crippen LogP contribution in [0.2, 0.25) is 0 Å². The van der Waals surface area contributed by atoms with E-state index in [9.17, 15) is 0 Å². The molecular formula is C15H27N3S. The normalized spacial score (nSPS) is 25.5. The Labute approximate surface area is 121 Å². The molecule has 108 valence electrons. The summed E-state index contributed by atoms with van der Waals surface area (Å²) >= 11 is 1.82. The fourth-order valence-corrected chi connectivity index (χ4v) is 4.19. The molecule has 0 amide bonds. The van der Waals surface area contributed by atoms with Crippen LogP contribution in [0.5, 0.6) is 0 Å². The summed E-state index contributed by atoms with van der Waals surface area (Å²) in [6.45, 7) is 8.39. The molecule has 1 saturated carbocycles. The SMILES string of the molecule is Cc1nc(C)c(C(C)NCC2CCCCC2CN)s1. The summed E-state index contributed by atoms with van der Waals surface area (Å²) in [6, 6.07) is 0.409. The maximum atomic E-state index is 5.90. The molecule has 3 unspecified atom stereocenters. The molecule has 1 fully saturated rings. The molecule has 0 saturated heterocycles. The summed E-state index contributed by atoms with van der Waals surface area (Å²) < 4.78 is 0. The van der Waals surface area contributed by atoms with E-state index in [0.29, 0.717) is 6.04 Å². The second-order valence-electron chi connectivity index (χ2n) is 5.85. The van der Waals surface area contributed by atoms with Crippen molar-refractivity contribution in [2.45, 2.75) is 52.5 Å². The van der Waals surface area contributed by atoms with Crippen molar-refractivity contribution < 1.29 is 0 Å². The maximum Gasteiger partial charge on any atom is 0.0900 e. The van der Waals surface area contributed by atoms with Crippen LogP contribution in [0, 0.1) is 25.7 Å². The fraction of sp³-hybridized carbons (Fsp3) is 0.800. The summed E-state index contributed by atoms with van der Waals surface area (Å²) in [4.78, 5) is 5.90. The molecule has 1 aromatic heterocycles. The summed E-state index contributed by atoms with van der Waals surface area (Å²) in [5.41, 5.74) is 7.08. The van der Waals surface area contributed by atoms with E-state index >= 15 is 0 Å². The van der Waals surface area contributed by atoms with E-state index in [2.05, 4.69) is 31.1 Å². The smallest absolute Gasteiger partial charge is 0.0900 e. The minimum Gasteiger partial charge on any atom is -0.330 e. The molecule has 1 aliphatic carbocycles. The molecular weight excluding hydrogens is 254 g/mol. The van der Waals surface area contributed by atoms with E-state index in [1.54, 1.807) is 0 Å². The first-order valence-electron chi connectivity index (χ1n) is 7.49. The van der Waals surface area contributed by atoms with Gasteiger partial charge in [0, 0.05) is 10.9 Å². The van der Waals surface area contributed by atoms with Gasteiger partial charge in [0.2, 0.25) is 0 Å². The number of hydrogen-bond acceptors (Lipinski definition) is 4. The van der Waals surface area contributed by atoms with Crippen molar-refractivity contribution in [1.29, 1.82) is 0 Å². The van der Waals surface area contributed by atoms with Gasteiger partial charge in [-0.2, -0.15) is 0 Å². The molecule has 2 rings (SSSR count). The number of nitrogens with one attached hydrogen (secondary N) is 1. The van der Waals surface area contributed by atoms with Crippen molar-refractivity contribution in [3.05, 3.63) is 15.6 Å². The zero-order valence-electron chi connectivity index (χ0n) is 12.4. The standard InChI is InChI=1S/C15H27N3S/c1-10(15-11(2)18-12(3)19-15)17-9-14-7-5-4-6-13(14)8-16/h10,13-14,17H,4-9,16H2,1-3H3. The lowest BCUT2D eigenvalue weighted by Crippen LogP contribution is -2.35. The molecule has 3 nitrogen and oxygen atoms in total. The van der Waals surface area contributed by atoms with Gasteiger partial charge < -0.3 is 11.1 Å². The van der Waals surface area contributed by atoms with Crippen LogP contribution in [0.3, 0.4) is 0 Å². The lowest BCUT2D eigenvalue weighted by atomic mass is 9.79. The summed E-state index contributed by atoms with van der Waals surface area (Å²) in [5.74, 6) is 1.48. The van der Waals surface area contributed by atoms with Crippen LogP contribution in [0.4, 0.5) is 0 Å². The van der Waals surface area contributed by atoms with E-state index in [1.807, 2.05) is 11.3 Å². The van der Waals surface area contributed by atoms with Crippen molar-refractivity contribution in [2.24, 2.45) is 17.6 Å². The molecule has 1 aromatic rings. The third-order valence-corrected chi connectivity index (χ3v) is 5.64. The summed E-state index contributed by atoms with van der Waals surface area (Å²) in [5, 5.41) is 4.87. The van der Waals surface area contributed by atoms with Crippen molar-refractivity contribution in [3.63, 3.8) is 0 Å². The van der Waals surface area contributed by atoms with Gasteiger partial charge in [-0.1, -0.05) is 12.8 Å². The number of aromatic nitrogens is 1. The maximum absolute atomic E-state index is 5.90. The zero-order chi connectivity index (χ0) is 13.8. The number of thiazole rings is 1. The number of nitrogens with two attached hydrogens (primary N) is 1. The first kappa shape index (κ1) is 14.9. The van der Waals surface area contributed by atoms with Gasteiger partial charge >= 0.3 is 0 Å². The molecule has 0 radical (unpaired) electrons. The predicted octanol–water partition coefficient (Wildman–Crippen LogP) is 3.18. The first-order valence-corrected chi connectivity index (χ1v) is 8.30. The van der Waals surface area contributed by atoms with Crippen LogP contribution in [0.25, 0.3) is 0 Å². The highest BCUT2D eigenvalue weighted by atomic mass is 32.1. The van der Waals surface area contributed by atoms with E-state index in [0.717, 1.165) is 24.9 Å². The molecule has 1 heterocycles. The topological polar surface area (TPSA) is 50.9 Å². The van der Waals surface area contributed by atoms with Gasteiger partial charge in [0.1, 0.15) is 0 Å². The molecule has 3 atom stereocenters. The molecule has 0 aromatic carbocycles. The van der Waals surface area contributed by atoms with Gasteiger partial charge in [0.15, 0.2) is 0 Å². The Balaban J connectivity index is 1.89. The molecule has 19 heavy (non-hydrogen) atoms. The average Bonchev–Trinajstić information content (AvgIpc) is 2.75. The molecule has 3 N–H and O–H groups in total. The minimum absolute atomic E-state index is 0.409. The molecule has 0 bridgehead atoms. The van der Waals surface area contributed by atoms with E-state index in [-0.39, 0.29) is 0 Å². The lowest BCUT2D eigenvalue weighted by molar-refractivity contribution is 0.231. The predicted molar refractivity (Wildman–Crippen MR) is 82.5 cm³/mol. The van der Waals surface area contributed by atoms with Gasteiger partial charge in [-0.15, -0.1) is 11.3 Å². The van der Waals surface area contributed by atoms with Gasteiger partial charge in [0.05, 0.1) is 10.7 Å².